The van der Waals surface area contributed by atoms with Gasteiger partial charge in [-0.25, -0.2) is 12.8 Å². The van der Waals surface area contributed by atoms with Crippen LogP contribution in [0, 0.1) is 11.7 Å². The standard InChI is InChI=1S/C21H24ClFN2O4S/c1-14(15-3-5-17(22)6-4-15)24-21(26)16-9-11-25(12-10-16)30(27,28)20-13-18(23)7-8-19(20)29-2/h3-8,13-14,16H,9-12H2,1-2H3,(H,24,26). The summed E-state index contributed by atoms with van der Waals surface area (Å²) in [6.45, 7) is 2.24. The van der Waals surface area contributed by atoms with Gasteiger partial charge in [-0.15, -0.1) is 0 Å². The lowest BCUT2D eigenvalue weighted by molar-refractivity contribution is -0.126. The van der Waals surface area contributed by atoms with E-state index < -0.39 is 15.8 Å². The summed E-state index contributed by atoms with van der Waals surface area (Å²) in [5.74, 6) is -0.966. The van der Waals surface area contributed by atoms with Gasteiger partial charge in [0, 0.05) is 24.0 Å². The summed E-state index contributed by atoms with van der Waals surface area (Å²) in [5.41, 5.74) is 0.936. The molecule has 0 spiro atoms. The van der Waals surface area contributed by atoms with Crippen molar-refractivity contribution in [2.75, 3.05) is 20.2 Å². The molecular weight excluding hydrogens is 431 g/mol. The van der Waals surface area contributed by atoms with Crippen molar-refractivity contribution in [1.82, 2.24) is 9.62 Å². The molecule has 3 rings (SSSR count). The second-order valence-electron chi connectivity index (χ2n) is 7.26. The Hall–Kier alpha value is -2.16. The number of methoxy groups -OCH3 is 1. The minimum Gasteiger partial charge on any atom is -0.495 e. The molecule has 0 saturated carbocycles. The number of hydrogen-bond donors (Lipinski definition) is 1. The maximum atomic E-state index is 13.6. The number of nitrogens with zero attached hydrogens (tertiary/aromatic N) is 1. The summed E-state index contributed by atoms with van der Waals surface area (Å²) < 4.78 is 45.9. The Balaban J connectivity index is 1.63. The van der Waals surface area contributed by atoms with Crippen LogP contribution in [0.15, 0.2) is 47.4 Å². The van der Waals surface area contributed by atoms with Crippen molar-refractivity contribution in [3.05, 3.63) is 58.9 Å². The van der Waals surface area contributed by atoms with Gasteiger partial charge >= 0.3 is 0 Å². The first-order chi connectivity index (χ1) is 14.2. The second-order valence-corrected chi connectivity index (χ2v) is 9.60. The molecule has 0 aliphatic carbocycles. The molecule has 1 fully saturated rings. The average molecular weight is 455 g/mol. The fourth-order valence-corrected chi connectivity index (χ4v) is 5.28. The van der Waals surface area contributed by atoms with Crippen LogP contribution in [0.4, 0.5) is 4.39 Å². The Labute approximate surface area is 181 Å². The molecule has 1 unspecified atom stereocenters. The van der Waals surface area contributed by atoms with E-state index >= 15 is 0 Å². The Morgan fingerprint density at radius 2 is 1.83 bits per heavy atom. The van der Waals surface area contributed by atoms with Gasteiger partial charge in [0.15, 0.2) is 0 Å². The number of carbonyl (C=O) groups is 1. The van der Waals surface area contributed by atoms with E-state index in [9.17, 15) is 17.6 Å². The molecule has 1 amide bonds. The maximum absolute atomic E-state index is 13.6. The molecule has 6 nitrogen and oxygen atoms in total. The van der Waals surface area contributed by atoms with Crippen LogP contribution in [0.1, 0.15) is 31.4 Å². The van der Waals surface area contributed by atoms with E-state index in [0.717, 1.165) is 17.7 Å². The molecule has 1 N–H and O–H groups in total. The van der Waals surface area contributed by atoms with E-state index in [1.807, 2.05) is 19.1 Å². The predicted octanol–water partition coefficient (Wildman–Crippen LogP) is 3.77. The van der Waals surface area contributed by atoms with Gasteiger partial charge in [0.25, 0.3) is 0 Å². The third kappa shape index (κ3) is 4.94. The summed E-state index contributed by atoms with van der Waals surface area (Å²) >= 11 is 5.90. The fourth-order valence-electron chi connectivity index (χ4n) is 3.52. The van der Waals surface area contributed by atoms with Gasteiger partial charge in [-0.2, -0.15) is 4.31 Å². The highest BCUT2D eigenvalue weighted by Gasteiger charge is 2.34. The SMILES string of the molecule is COc1ccc(F)cc1S(=O)(=O)N1CCC(C(=O)NC(C)c2ccc(Cl)cc2)CC1. The zero-order valence-electron chi connectivity index (χ0n) is 16.8. The third-order valence-corrected chi connectivity index (χ3v) is 7.47. The molecule has 1 saturated heterocycles. The van der Waals surface area contributed by atoms with Gasteiger partial charge in [0.2, 0.25) is 15.9 Å². The van der Waals surface area contributed by atoms with Crippen molar-refractivity contribution >= 4 is 27.5 Å². The number of benzene rings is 2. The Bertz CT molecular complexity index is 1010. The minimum atomic E-state index is -3.92. The highest BCUT2D eigenvalue weighted by molar-refractivity contribution is 7.89. The zero-order chi connectivity index (χ0) is 21.9. The third-order valence-electron chi connectivity index (χ3n) is 5.30. The van der Waals surface area contributed by atoms with Crippen molar-refractivity contribution in [2.45, 2.75) is 30.7 Å². The molecule has 162 valence electrons. The van der Waals surface area contributed by atoms with Crippen molar-refractivity contribution in [3.63, 3.8) is 0 Å². The molecule has 9 heteroatoms. The molecule has 1 aliphatic rings. The van der Waals surface area contributed by atoms with E-state index in [2.05, 4.69) is 5.32 Å². The van der Waals surface area contributed by atoms with Gasteiger partial charge in [0.1, 0.15) is 16.5 Å². The number of nitrogens with one attached hydrogen (secondary N) is 1. The normalized spacial score (nSPS) is 16.8. The van der Waals surface area contributed by atoms with Gasteiger partial charge in [-0.3, -0.25) is 4.79 Å². The number of halogens is 2. The van der Waals surface area contributed by atoms with E-state index in [1.54, 1.807) is 12.1 Å². The summed E-state index contributed by atoms with van der Waals surface area (Å²) in [5, 5.41) is 3.60. The average Bonchev–Trinajstić information content (AvgIpc) is 2.74. The van der Waals surface area contributed by atoms with E-state index in [-0.39, 0.29) is 41.6 Å². The summed E-state index contributed by atoms with van der Waals surface area (Å²) in [4.78, 5) is 12.4. The quantitative estimate of drug-likeness (QED) is 0.721. The van der Waals surface area contributed by atoms with Crippen LogP contribution >= 0.6 is 11.6 Å². The van der Waals surface area contributed by atoms with Crippen molar-refractivity contribution in [1.29, 1.82) is 0 Å². The molecule has 2 aromatic carbocycles. The molecule has 0 aromatic heterocycles. The van der Waals surface area contributed by atoms with Crippen LogP contribution in [0.5, 0.6) is 5.75 Å². The van der Waals surface area contributed by atoms with Crippen LogP contribution < -0.4 is 10.1 Å². The second kappa shape index (κ2) is 9.32. The number of carbonyl (C=O) groups excluding carboxylic acids is 1. The number of amides is 1. The van der Waals surface area contributed by atoms with Crippen molar-refractivity contribution in [3.8, 4) is 5.75 Å². The van der Waals surface area contributed by atoms with Crippen LogP contribution in [-0.2, 0) is 14.8 Å². The molecular formula is C21H24ClFN2O4S. The Kier molecular flexibility index (Phi) is 7.00. The van der Waals surface area contributed by atoms with Crippen molar-refractivity contribution in [2.24, 2.45) is 5.92 Å². The molecule has 0 radical (unpaired) electrons. The van der Waals surface area contributed by atoms with Crippen molar-refractivity contribution < 1.29 is 22.3 Å². The number of ether oxygens (including phenoxy) is 1. The predicted molar refractivity (Wildman–Crippen MR) is 112 cm³/mol. The molecule has 0 bridgehead atoms. The summed E-state index contributed by atoms with van der Waals surface area (Å²) in [6.07, 6.45) is 0.770. The number of rotatable bonds is 6. The zero-order valence-corrected chi connectivity index (χ0v) is 18.3. The van der Waals surface area contributed by atoms with Crippen LogP contribution in [0.2, 0.25) is 5.02 Å². The van der Waals surface area contributed by atoms with Gasteiger partial charge < -0.3 is 10.1 Å². The lowest BCUT2D eigenvalue weighted by Gasteiger charge is -2.31. The lowest BCUT2D eigenvalue weighted by atomic mass is 9.96. The lowest BCUT2D eigenvalue weighted by Crippen LogP contribution is -2.43. The first-order valence-electron chi connectivity index (χ1n) is 9.62. The molecule has 2 aromatic rings. The largest absolute Gasteiger partial charge is 0.495 e. The molecule has 1 heterocycles. The summed E-state index contributed by atoms with van der Waals surface area (Å²) in [6, 6.07) is 10.5. The minimum absolute atomic E-state index is 0.0908. The monoisotopic (exact) mass is 454 g/mol. The number of sulfonamides is 1. The smallest absolute Gasteiger partial charge is 0.246 e. The van der Waals surface area contributed by atoms with E-state index in [0.29, 0.717) is 17.9 Å². The first kappa shape index (κ1) is 22.5. The Morgan fingerprint density at radius 3 is 2.43 bits per heavy atom. The first-order valence-corrected chi connectivity index (χ1v) is 11.4. The van der Waals surface area contributed by atoms with Crippen LogP contribution in [-0.4, -0.2) is 38.8 Å². The van der Waals surface area contributed by atoms with Crippen LogP contribution in [0.25, 0.3) is 0 Å². The van der Waals surface area contributed by atoms with Gasteiger partial charge in [-0.1, -0.05) is 23.7 Å². The highest BCUT2D eigenvalue weighted by Crippen LogP contribution is 2.30. The Morgan fingerprint density at radius 1 is 1.20 bits per heavy atom. The van der Waals surface area contributed by atoms with Gasteiger partial charge in [0.05, 0.1) is 13.2 Å². The molecule has 1 atom stereocenters. The molecule has 30 heavy (non-hydrogen) atoms. The van der Waals surface area contributed by atoms with Gasteiger partial charge in [-0.05, 0) is 55.7 Å². The van der Waals surface area contributed by atoms with E-state index in [4.69, 9.17) is 16.3 Å². The summed E-state index contributed by atoms with van der Waals surface area (Å²) in [7, 11) is -2.58. The van der Waals surface area contributed by atoms with Crippen LogP contribution in [0.3, 0.4) is 0 Å². The highest BCUT2D eigenvalue weighted by atomic mass is 35.5. The number of hydrogen-bond acceptors (Lipinski definition) is 4. The number of piperidine rings is 1. The molecule has 1 aliphatic heterocycles. The fraction of sp³-hybridized carbons (Fsp3) is 0.381. The van der Waals surface area contributed by atoms with E-state index in [1.165, 1.54) is 17.5 Å². The topological polar surface area (TPSA) is 75.7 Å². The maximum Gasteiger partial charge on any atom is 0.246 e.